The highest BCUT2D eigenvalue weighted by atomic mass is 79.9. The molecule has 0 fully saturated rings. The van der Waals surface area contributed by atoms with Gasteiger partial charge in [-0.2, -0.15) is 0 Å². The molecule has 0 amide bonds. The normalized spacial score (nSPS) is 18.5. The lowest BCUT2D eigenvalue weighted by atomic mass is 10.2. The van der Waals surface area contributed by atoms with Gasteiger partial charge in [-0.05, 0) is 28.1 Å². The van der Waals surface area contributed by atoms with Gasteiger partial charge in [0.25, 0.3) is 0 Å². The molecule has 0 radical (unpaired) electrons. The first-order valence-corrected chi connectivity index (χ1v) is 6.28. The van der Waals surface area contributed by atoms with E-state index in [1.165, 1.54) is 18.3 Å². The Morgan fingerprint density at radius 2 is 1.93 bits per heavy atom. The van der Waals surface area contributed by atoms with Gasteiger partial charge in [-0.25, -0.2) is 13.4 Å². The van der Waals surface area contributed by atoms with Gasteiger partial charge in [0.15, 0.2) is 5.04 Å². The first-order valence-electron chi connectivity index (χ1n) is 4.00. The quantitative estimate of drug-likeness (QED) is 0.856. The Hall–Kier alpha value is -1.14. The molecule has 2 rings (SSSR count). The van der Waals surface area contributed by atoms with E-state index in [9.17, 15) is 13.5 Å². The number of aromatic hydroxyl groups is 1. The number of nitrogens with zero attached hydrogens (tertiary/aromatic N) is 1. The Balaban J connectivity index is 2.59. The molecule has 1 N–H and O–H groups in total. The van der Waals surface area contributed by atoms with Crippen molar-refractivity contribution in [3.63, 3.8) is 0 Å². The molecular weight excluding hydrogens is 282 g/mol. The van der Waals surface area contributed by atoms with E-state index in [-0.39, 0.29) is 20.2 Å². The molecule has 78 valence electrons. The summed E-state index contributed by atoms with van der Waals surface area (Å²) in [4.78, 5) is 3.76. The summed E-state index contributed by atoms with van der Waals surface area (Å²) in [5.74, 6) is -0.101. The number of sulfone groups is 1. The maximum atomic E-state index is 11.7. The van der Waals surface area contributed by atoms with Crippen LogP contribution in [0.1, 0.15) is 5.56 Å². The fourth-order valence-electron chi connectivity index (χ4n) is 1.21. The van der Waals surface area contributed by atoms with E-state index in [4.69, 9.17) is 0 Å². The van der Waals surface area contributed by atoms with Crippen LogP contribution in [0.3, 0.4) is 0 Å². The second-order valence-corrected chi connectivity index (χ2v) is 6.10. The molecule has 1 heterocycles. The number of halogens is 1. The molecule has 0 atom stereocenters. The molecule has 0 spiro atoms. The SMILES string of the molecule is O=S1(=O)C(Br)=CN=C1c1ccccc1O. The lowest BCUT2D eigenvalue weighted by Gasteiger charge is -2.03. The molecule has 15 heavy (non-hydrogen) atoms. The Morgan fingerprint density at radius 1 is 1.27 bits per heavy atom. The monoisotopic (exact) mass is 287 g/mol. The number of para-hydroxylation sites is 1. The van der Waals surface area contributed by atoms with Crippen LogP contribution in [0.4, 0.5) is 0 Å². The Kier molecular flexibility index (Phi) is 2.40. The third-order valence-electron chi connectivity index (χ3n) is 1.93. The van der Waals surface area contributed by atoms with Crippen molar-refractivity contribution in [1.82, 2.24) is 0 Å². The Labute approximate surface area is 95.0 Å². The first-order chi connectivity index (χ1) is 7.03. The minimum absolute atomic E-state index is 0.00764. The van der Waals surface area contributed by atoms with Gasteiger partial charge < -0.3 is 5.11 Å². The number of benzene rings is 1. The van der Waals surface area contributed by atoms with Crippen LogP contribution in [0.15, 0.2) is 39.3 Å². The third kappa shape index (κ3) is 1.59. The zero-order valence-corrected chi connectivity index (χ0v) is 9.79. The van der Waals surface area contributed by atoms with Crippen molar-refractivity contribution in [3.8, 4) is 5.75 Å². The van der Waals surface area contributed by atoms with Gasteiger partial charge in [0, 0.05) is 0 Å². The second-order valence-electron chi connectivity index (χ2n) is 2.89. The molecule has 6 heteroatoms. The van der Waals surface area contributed by atoms with Gasteiger partial charge in [-0.1, -0.05) is 12.1 Å². The number of phenolic OH excluding ortho intramolecular Hbond substituents is 1. The van der Waals surface area contributed by atoms with Gasteiger partial charge in [0.05, 0.1) is 11.8 Å². The van der Waals surface area contributed by atoms with Crippen LogP contribution < -0.4 is 0 Å². The fourth-order valence-corrected chi connectivity index (χ4v) is 2.80. The molecule has 0 aromatic heterocycles. The smallest absolute Gasteiger partial charge is 0.232 e. The summed E-state index contributed by atoms with van der Waals surface area (Å²) >= 11 is 2.90. The number of phenols is 1. The molecule has 1 aromatic rings. The topological polar surface area (TPSA) is 66.7 Å². The van der Waals surface area contributed by atoms with Gasteiger partial charge in [0.2, 0.25) is 9.84 Å². The van der Waals surface area contributed by atoms with E-state index in [1.54, 1.807) is 12.1 Å². The minimum atomic E-state index is -3.57. The fraction of sp³-hybridized carbons (Fsp3) is 0. The summed E-state index contributed by atoms with van der Waals surface area (Å²) < 4.78 is 23.4. The average Bonchev–Trinajstić information content (AvgIpc) is 2.44. The number of hydrogen-bond donors (Lipinski definition) is 1. The standard InChI is InChI=1S/C9H6BrNO3S/c10-8-5-11-9(15(8,13)14)6-3-1-2-4-7(6)12/h1-5,12H. The van der Waals surface area contributed by atoms with Crippen LogP contribution in [-0.4, -0.2) is 18.6 Å². The van der Waals surface area contributed by atoms with Crippen molar-refractivity contribution in [2.75, 3.05) is 0 Å². The maximum Gasteiger partial charge on any atom is 0.232 e. The summed E-state index contributed by atoms with van der Waals surface area (Å²) in [5.41, 5.74) is 0.211. The molecule has 0 saturated carbocycles. The van der Waals surface area contributed by atoms with E-state index in [0.717, 1.165) is 0 Å². The van der Waals surface area contributed by atoms with Crippen LogP contribution in [0.25, 0.3) is 0 Å². The molecule has 1 aromatic carbocycles. The molecule has 0 aliphatic carbocycles. The number of rotatable bonds is 1. The molecule has 1 aliphatic rings. The Bertz CT molecular complexity index is 575. The van der Waals surface area contributed by atoms with E-state index >= 15 is 0 Å². The van der Waals surface area contributed by atoms with Crippen molar-refractivity contribution in [2.24, 2.45) is 4.99 Å². The molecular formula is C9H6BrNO3S. The molecule has 0 bridgehead atoms. The van der Waals surface area contributed by atoms with Crippen molar-refractivity contribution < 1.29 is 13.5 Å². The van der Waals surface area contributed by atoms with Crippen LogP contribution in [0.2, 0.25) is 0 Å². The summed E-state index contributed by atoms with van der Waals surface area (Å²) in [6, 6.07) is 6.17. The lowest BCUT2D eigenvalue weighted by molar-refractivity contribution is 0.474. The van der Waals surface area contributed by atoms with E-state index in [1.807, 2.05) is 0 Å². The highest BCUT2D eigenvalue weighted by molar-refractivity contribution is 9.14. The number of aliphatic imine (C=N–C) groups is 1. The van der Waals surface area contributed by atoms with Gasteiger partial charge in [0.1, 0.15) is 9.56 Å². The van der Waals surface area contributed by atoms with Crippen molar-refractivity contribution >= 4 is 30.8 Å². The summed E-state index contributed by atoms with van der Waals surface area (Å²) in [5, 5.41) is 9.37. The summed E-state index contributed by atoms with van der Waals surface area (Å²) in [6.07, 6.45) is 1.21. The van der Waals surface area contributed by atoms with Crippen molar-refractivity contribution in [2.45, 2.75) is 0 Å². The predicted molar refractivity (Wildman–Crippen MR) is 60.6 cm³/mol. The Morgan fingerprint density at radius 3 is 2.47 bits per heavy atom. The maximum absolute atomic E-state index is 11.7. The average molecular weight is 288 g/mol. The van der Waals surface area contributed by atoms with Crippen LogP contribution in [0.5, 0.6) is 5.75 Å². The number of hydrogen-bond acceptors (Lipinski definition) is 4. The van der Waals surface area contributed by atoms with E-state index in [2.05, 4.69) is 20.9 Å². The van der Waals surface area contributed by atoms with E-state index in [0.29, 0.717) is 0 Å². The highest BCUT2D eigenvalue weighted by Gasteiger charge is 2.30. The molecule has 1 aliphatic heterocycles. The van der Waals surface area contributed by atoms with Crippen molar-refractivity contribution in [1.29, 1.82) is 0 Å². The summed E-state index contributed by atoms with van der Waals surface area (Å²) in [7, 11) is -3.57. The summed E-state index contributed by atoms with van der Waals surface area (Å²) in [6.45, 7) is 0. The van der Waals surface area contributed by atoms with Gasteiger partial charge in [-0.3, -0.25) is 0 Å². The van der Waals surface area contributed by atoms with Crippen molar-refractivity contribution in [3.05, 3.63) is 39.8 Å². The van der Waals surface area contributed by atoms with Crippen LogP contribution in [0, 0.1) is 0 Å². The highest BCUT2D eigenvalue weighted by Crippen LogP contribution is 2.29. The second kappa shape index (κ2) is 3.46. The third-order valence-corrected chi connectivity index (χ3v) is 4.87. The van der Waals surface area contributed by atoms with Crippen LogP contribution >= 0.6 is 15.9 Å². The van der Waals surface area contributed by atoms with Crippen LogP contribution in [-0.2, 0) is 9.84 Å². The lowest BCUT2D eigenvalue weighted by Crippen LogP contribution is -2.12. The molecule has 0 unspecified atom stereocenters. The zero-order chi connectivity index (χ0) is 11.1. The minimum Gasteiger partial charge on any atom is -0.507 e. The molecule has 0 saturated heterocycles. The molecule has 4 nitrogen and oxygen atoms in total. The van der Waals surface area contributed by atoms with Gasteiger partial charge in [-0.15, -0.1) is 0 Å². The first kappa shape index (κ1) is 10.4. The predicted octanol–water partition coefficient (Wildman–Crippen LogP) is 1.76. The van der Waals surface area contributed by atoms with E-state index < -0.39 is 9.84 Å². The zero-order valence-electron chi connectivity index (χ0n) is 7.38. The van der Waals surface area contributed by atoms with Gasteiger partial charge >= 0.3 is 0 Å². The largest absolute Gasteiger partial charge is 0.507 e.